The molecule has 6 nitrogen and oxygen atoms in total. The van der Waals surface area contributed by atoms with Crippen molar-refractivity contribution in [2.45, 2.75) is 39.3 Å². The van der Waals surface area contributed by atoms with Crippen LogP contribution in [0, 0.1) is 5.92 Å². The zero-order valence-corrected chi connectivity index (χ0v) is 18.9. The molecule has 0 bridgehead atoms. The Kier molecular flexibility index (Phi) is 6.40. The molecule has 1 atom stereocenters. The van der Waals surface area contributed by atoms with Crippen LogP contribution in [-0.4, -0.2) is 51.0 Å². The molecule has 2 heterocycles. The van der Waals surface area contributed by atoms with Crippen LogP contribution in [0.1, 0.15) is 32.3 Å². The number of rotatable bonds is 7. The zero-order valence-electron chi connectivity index (χ0n) is 18.9. The van der Waals surface area contributed by atoms with Gasteiger partial charge in [0, 0.05) is 43.9 Å². The molecule has 3 aromatic rings. The molecule has 1 aliphatic heterocycles. The monoisotopic (exact) mass is 430 g/mol. The van der Waals surface area contributed by atoms with Crippen molar-refractivity contribution in [2.75, 3.05) is 13.6 Å². The number of hydrogen-bond acceptors (Lipinski definition) is 3. The Morgan fingerprint density at radius 1 is 1.06 bits per heavy atom. The largest absolute Gasteiger partial charge is 0.339 e. The van der Waals surface area contributed by atoms with Gasteiger partial charge in [0.25, 0.3) is 0 Å². The average molecular weight is 431 g/mol. The Labute approximate surface area is 189 Å². The maximum absolute atomic E-state index is 13.5. The highest BCUT2D eigenvalue weighted by molar-refractivity contribution is 5.88. The van der Waals surface area contributed by atoms with E-state index in [1.807, 2.05) is 92.4 Å². The highest BCUT2D eigenvalue weighted by Gasteiger charge is 2.36. The van der Waals surface area contributed by atoms with Gasteiger partial charge in [0.2, 0.25) is 11.8 Å². The fourth-order valence-corrected chi connectivity index (χ4v) is 4.38. The van der Waals surface area contributed by atoms with Crippen molar-refractivity contribution in [3.8, 4) is 16.9 Å². The van der Waals surface area contributed by atoms with Gasteiger partial charge in [-0.05, 0) is 24.5 Å². The van der Waals surface area contributed by atoms with Gasteiger partial charge in [-0.15, -0.1) is 0 Å². The van der Waals surface area contributed by atoms with E-state index in [1.54, 1.807) is 9.80 Å². The molecule has 1 fully saturated rings. The van der Waals surface area contributed by atoms with Crippen LogP contribution in [0.3, 0.4) is 0 Å². The van der Waals surface area contributed by atoms with Gasteiger partial charge in [-0.25, -0.2) is 4.68 Å². The molecule has 2 aromatic carbocycles. The van der Waals surface area contributed by atoms with Gasteiger partial charge in [-0.3, -0.25) is 9.59 Å². The highest BCUT2D eigenvalue weighted by Crippen LogP contribution is 2.26. The quantitative estimate of drug-likeness (QED) is 0.566. The van der Waals surface area contributed by atoms with Crippen LogP contribution in [-0.2, 0) is 16.1 Å². The standard InChI is InChI=1S/C26H30N4O2/c1-19(2)25(29-16-10-15-23(29)31)26(32)28(3)17-21-18-30(22-13-8-5-9-14-22)27-24(21)20-11-6-4-7-12-20/h4-9,11-14,18-19,25H,10,15-17H2,1-3H3. The SMILES string of the molecule is CC(C)C(C(=O)N(C)Cc1cn(-c2ccccc2)nc1-c1ccccc1)N1CCCC1=O. The number of nitrogens with zero attached hydrogens (tertiary/aromatic N) is 4. The van der Waals surface area contributed by atoms with E-state index in [9.17, 15) is 9.59 Å². The van der Waals surface area contributed by atoms with Crippen LogP contribution in [0.25, 0.3) is 16.9 Å². The molecule has 1 unspecified atom stereocenters. The first-order valence-corrected chi connectivity index (χ1v) is 11.2. The summed E-state index contributed by atoms with van der Waals surface area (Å²) in [5, 5.41) is 4.85. The molecule has 6 heteroatoms. The molecule has 4 rings (SSSR count). The fraction of sp³-hybridized carbons (Fsp3) is 0.346. The van der Waals surface area contributed by atoms with E-state index in [0.717, 1.165) is 28.9 Å². The van der Waals surface area contributed by atoms with Crippen molar-refractivity contribution in [2.24, 2.45) is 5.92 Å². The molecule has 2 amide bonds. The minimum Gasteiger partial charge on any atom is -0.339 e. The minimum absolute atomic E-state index is 0.0262. The van der Waals surface area contributed by atoms with E-state index in [2.05, 4.69) is 0 Å². The van der Waals surface area contributed by atoms with E-state index in [4.69, 9.17) is 5.10 Å². The maximum Gasteiger partial charge on any atom is 0.245 e. The van der Waals surface area contributed by atoms with Gasteiger partial charge in [-0.1, -0.05) is 62.4 Å². The number of likely N-dealkylation sites (tertiary alicyclic amines) is 1. The Bertz CT molecular complexity index is 1080. The lowest BCUT2D eigenvalue weighted by Gasteiger charge is -2.33. The molecule has 1 saturated heterocycles. The fourth-order valence-electron chi connectivity index (χ4n) is 4.38. The molecule has 0 N–H and O–H groups in total. The zero-order chi connectivity index (χ0) is 22.7. The van der Waals surface area contributed by atoms with Gasteiger partial charge in [-0.2, -0.15) is 5.10 Å². The summed E-state index contributed by atoms with van der Waals surface area (Å²) < 4.78 is 1.86. The second kappa shape index (κ2) is 9.39. The molecular formula is C26H30N4O2. The summed E-state index contributed by atoms with van der Waals surface area (Å²) in [6, 6.07) is 19.5. The van der Waals surface area contributed by atoms with Crippen LogP contribution in [0.4, 0.5) is 0 Å². The number of aromatic nitrogens is 2. The summed E-state index contributed by atoms with van der Waals surface area (Å²) in [4.78, 5) is 29.3. The van der Waals surface area contributed by atoms with Gasteiger partial charge in [0.1, 0.15) is 6.04 Å². The number of benzene rings is 2. The number of carbonyl (C=O) groups is 2. The molecule has 0 radical (unpaired) electrons. The predicted molar refractivity (Wildman–Crippen MR) is 125 cm³/mol. The first-order chi connectivity index (χ1) is 15.5. The van der Waals surface area contributed by atoms with Crippen molar-refractivity contribution >= 4 is 11.8 Å². The smallest absolute Gasteiger partial charge is 0.245 e. The van der Waals surface area contributed by atoms with E-state index in [1.165, 1.54) is 0 Å². The van der Waals surface area contributed by atoms with E-state index >= 15 is 0 Å². The Morgan fingerprint density at radius 3 is 2.31 bits per heavy atom. The van der Waals surface area contributed by atoms with Gasteiger partial charge >= 0.3 is 0 Å². The predicted octanol–water partition coefficient (Wildman–Crippen LogP) is 4.14. The van der Waals surface area contributed by atoms with Gasteiger partial charge in [0.15, 0.2) is 0 Å². The molecule has 0 spiro atoms. The van der Waals surface area contributed by atoms with E-state index < -0.39 is 6.04 Å². The Hall–Kier alpha value is -3.41. The molecule has 166 valence electrons. The summed E-state index contributed by atoms with van der Waals surface area (Å²) >= 11 is 0. The molecular weight excluding hydrogens is 400 g/mol. The summed E-state index contributed by atoms with van der Waals surface area (Å²) in [5.74, 6) is 0.0988. The van der Waals surface area contributed by atoms with Crippen LogP contribution in [0.2, 0.25) is 0 Å². The third-order valence-electron chi connectivity index (χ3n) is 5.97. The Morgan fingerprint density at radius 2 is 1.72 bits per heavy atom. The summed E-state index contributed by atoms with van der Waals surface area (Å²) in [6.45, 7) is 5.08. The minimum atomic E-state index is -0.431. The molecule has 1 aliphatic rings. The molecule has 0 aliphatic carbocycles. The van der Waals surface area contributed by atoms with Crippen LogP contribution < -0.4 is 0 Å². The average Bonchev–Trinajstić information content (AvgIpc) is 3.41. The van der Waals surface area contributed by atoms with E-state index in [0.29, 0.717) is 19.5 Å². The molecule has 32 heavy (non-hydrogen) atoms. The lowest BCUT2D eigenvalue weighted by molar-refractivity contribution is -0.144. The van der Waals surface area contributed by atoms with Crippen molar-refractivity contribution in [1.29, 1.82) is 0 Å². The molecule has 1 aromatic heterocycles. The number of para-hydroxylation sites is 1. The topological polar surface area (TPSA) is 58.4 Å². The normalized spacial score (nSPS) is 14.8. The molecule has 0 saturated carbocycles. The van der Waals surface area contributed by atoms with Gasteiger partial charge < -0.3 is 9.80 Å². The van der Waals surface area contributed by atoms with Crippen molar-refractivity contribution in [1.82, 2.24) is 19.6 Å². The van der Waals surface area contributed by atoms with Crippen molar-refractivity contribution in [3.05, 3.63) is 72.4 Å². The van der Waals surface area contributed by atoms with Crippen LogP contribution in [0.5, 0.6) is 0 Å². The second-order valence-corrected chi connectivity index (χ2v) is 8.72. The second-order valence-electron chi connectivity index (χ2n) is 8.72. The van der Waals surface area contributed by atoms with E-state index in [-0.39, 0.29) is 17.7 Å². The highest BCUT2D eigenvalue weighted by atomic mass is 16.2. The lowest BCUT2D eigenvalue weighted by Crippen LogP contribution is -2.50. The van der Waals surface area contributed by atoms with Crippen molar-refractivity contribution < 1.29 is 9.59 Å². The number of hydrogen-bond donors (Lipinski definition) is 0. The number of likely N-dealkylation sites (N-methyl/N-ethyl adjacent to an activating group) is 1. The summed E-state index contributed by atoms with van der Waals surface area (Å²) in [6.07, 6.45) is 3.34. The summed E-state index contributed by atoms with van der Waals surface area (Å²) in [5.41, 5.74) is 3.79. The first kappa shape index (κ1) is 21.8. The first-order valence-electron chi connectivity index (χ1n) is 11.2. The third kappa shape index (κ3) is 4.44. The third-order valence-corrected chi connectivity index (χ3v) is 5.97. The van der Waals surface area contributed by atoms with Crippen LogP contribution in [0.15, 0.2) is 66.9 Å². The van der Waals surface area contributed by atoms with Gasteiger partial charge in [0.05, 0.1) is 11.4 Å². The van der Waals surface area contributed by atoms with Crippen molar-refractivity contribution in [3.63, 3.8) is 0 Å². The Balaban J connectivity index is 1.64. The lowest BCUT2D eigenvalue weighted by atomic mass is 10.0. The maximum atomic E-state index is 13.5. The number of amides is 2. The van der Waals surface area contributed by atoms with Crippen LogP contribution >= 0.6 is 0 Å². The number of carbonyl (C=O) groups excluding carboxylic acids is 2. The summed E-state index contributed by atoms with van der Waals surface area (Å²) in [7, 11) is 1.81.